The molecule has 1 aliphatic carbocycles. The Balaban J connectivity index is 1.37. The number of ether oxygens (including phenoxy) is 1. The zero-order valence-electron chi connectivity index (χ0n) is 19.3. The van der Waals surface area contributed by atoms with Gasteiger partial charge in [0.1, 0.15) is 5.75 Å². The van der Waals surface area contributed by atoms with Gasteiger partial charge in [0.25, 0.3) is 5.91 Å². The molecule has 1 amide bonds. The lowest BCUT2D eigenvalue weighted by molar-refractivity contribution is -0.141. The number of pyridine rings is 1. The molecule has 1 aromatic carbocycles. The molecule has 2 aromatic heterocycles. The van der Waals surface area contributed by atoms with Gasteiger partial charge in [-0.2, -0.15) is 31.4 Å². The van der Waals surface area contributed by atoms with Gasteiger partial charge in [-0.15, -0.1) is 0 Å². The van der Waals surface area contributed by atoms with Gasteiger partial charge in [0.15, 0.2) is 5.69 Å². The van der Waals surface area contributed by atoms with E-state index in [4.69, 9.17) is 4.74 Å². The van der Waals surface area contributed by atoms with Crippen molar-refractivity contribution >= 4 is 37.8 Å². The fourth-order valence-electron chi connectivity index (χ4n) is 4.20. The molecule has 1 aliphatic rings. The fraction of sp³-hybridized carbons (Fsp3) is 0.375. The van der Waals surface area contributed by atoms with Gasteiger partial charge >= 0.3 is 12.4 Å². The number of aromatic amines is 1. The Labute approximate surface area is 229 Å². The summed E-state index contributed by atoms with van der Waals surface area (Å²) >= 11 is 7.52. The molecule has 14 heteroatoms. The normalized spacial score (nSPS) is 21.1. The lowest BCUT2D eigenvalue weighted by Gasteiger charge is -2.39. The molecule has 2 heterocycles. The third kappa shape index (κ3) is 6.50. The Morgan fingerprint density at radius 1 is 1.11 bits per heavy atom. The third-order valence-electron chi connectivity index (χ3n) is 6.20. The van der Waals surface area contributed by atoms with Gasteiger partial charge in [-0.05, 0) is 49.4 Å². The van der Waals surface area contributed by atoms with Crippen molar-refractivity contribution in [1.29, 1.82) is 0 Å². The van der Waals surface area contributed by atoms with Crippen LogP contribution in [0.1, 0.15) is 57.7 Å². The first-order chi connectivity index (χ1) is 17.8. The van der Waals surface area contributed by atoms with Crippen LogP contribution in [0.15, 0.2) is 48.8 Å². The first-order valence-electron chi connectivity index (χ1n) is 11.3. The zero-order valence-corrected chi connectivity index (χ0v) is 22.5. The van der Waals surface area contributed by atoms with Crippen molar-refractivity contribution in [2.75, 3.05) is 0 Å². The van der Waals surface area contributed by atoms with Crippen LogP contribution in [0, 0.1) is 0 Å². The molecule has 1 saturated carbocycles. The number of carbonyl (C=O) groups excluding carboxylic acids is 1. The molecule has 1 fully saturated rings. The summed E-state index contributed by atoms with van der Waals surface area (Å²) in [4.78, 5) is 16.0. The molecule has 0 bridgehead atoms. The molecule has 3 aromatic rings. The van der Waals surface area contributed by atoms with Crippen LogP contribution in [0.4, 0.5) is 26.3 Å². The lowest BCUT2D eigenvalue weighted by atomic mass is 9.82. The molecule has 0 aliphatic heterocycles. The topological polar surface area (TPSA) is 79.9 Å². The van der Waals surface area contributed by atoms with Crippen molar-refractivity contribution in [3.8, 4) is 11.6 Å². The quantitative estimate of drug-likeness (QED) is 0.210. The van der Waals surface area contributed by atoms with Crippen LogP contribution in [0.2, 0.25) is 0 Å². The molecule has 4 rings (SSSR count). The summed E-state index contributed by atoms with van der Waals surface area (Å²) < 4.78 is 82.6. The molecule has 0 spiro atoms. The van der Waals surface area contributed by atoms with E-state index in [0.717, 1.165) is 23.9 Å². The van der Waals surface area contributed by atoms with E-state index in [2.05, 4.69) is 52.4 Å². The summed E-state index contributed by atoms with van der Waals surface area (Å²) in [6, 6.07) is 8.72. The van der Waals surface area contributed by atoms with Crippen molar-refractivity contribution in [3.63, 3.8) is 0 Å². The molecule has 0 radical (unpaired) electrons. The van der Waals surface area contributed by atoms with Crippen molar-refractivity contribution in [2.45, 2.75) is 53.2 Å². The number of benzene rings is 1. The maximum absolute atomic E-state index is 13.1. The minimum atomic E-state index is -4.74. The SMILES string of the molecule is O=C(NC1CCC(Br)(C(Br)c2cccc(Oc3ccc(C(F)(F)F)cn3)c2)CC1)c1c[nH]nc1C(F)(F)F. The van der Waals surface area contributed by atoms with E-state index < -0.39 is 39.4 Å². The van der Waals surface area contributed by atoms with Crippen LogP contribution in [0.5, 0.6) is 11.6 Å². The number of nitrogens with one attached hydrogen (secondary N) is 2. The van der Waals surface area contributed by atoms with Crippen molar-refractivity contribution in [3.05, 3.63) is 71.2 Å². The number of H-pyrrole nitrogens is 1. The first kappa shape index (κ1) is 28.4. The largest absolute Gasteiger partial charge is 0.439 e. The highest BCUT2D eigenvalue weighted by atomic mass is 79.9. The highest BCUT2D eigenvalue weighted by Crippen LogP contribution is 2.50. The number of aromatic nitrogens is 3. The third-order valence-corrected chi connectivity index (χ3v) is 9.47. The summed E-state index contributed by atoms with van der Waals surface area (Å²) in [6.45, 7) is 0. The average Bonchev–Trinajstić information content (AvgIpc) is 3.36. The van der Waals surface area contributed by atoms with Gasteiger partial charge in [-0.1, -0.05) is 44.0 Å². The monoisotopic (exact) mass is 668 g/mol. The van der Waals surface area contributed by atoms with E-state index in [1.165, 1.54) is 0 Å². The van der Waals surface area contributed by atoms with E-state index in [9.17, 15) is 31.1 Å². The van der Waals surface area contributed by atoms with E-state index >= 15 is 0 Å². The number of rotatable bonds is 6. The molecule has 1 atom stereocenters. The van der Waals surface area contributed by atoms with E-state index in [-0.39, 0.29) is 16.7 Å². The van der Waals surface area contributed by atoms with Crippen LogP contribution >= 0.6 is 31.9 Å². The van der Waals surface area contributed by atoms with E-state index in [1.54, 1.807) is 18.2 Å². The predicted octanol–water partition coefficient (Wildman–Crippen LogP) is 7.58. The van der Waals surface area contributed by atoms with E-state index in [1.807, 2.05) is 6.07 Å². The Kier molecular flexibility index (Phi) is 8.12. The second kappa shape index (κ2) is 10.9. The molecule has 204 valence electrons. The van der Waals surface area contributed by atoms with Crippen molar-refractivity contribution < 1.29 is 35.9 Å². The maximum Gasteiger partial charge on any atom is 0.435 e. The minimum Gasteiger partial charge on any atom is -0.439 e. The highest BCUT2D eigenvalue weighted by molar-refractivity contribution is 9.12. The molecule has 1 unspecified atom stereocenters. The smallest absolute Gasteiger partial charge is 0.435 e. The van der Waals surface area contributed by atoms with Crippen LogP contribution in [0.3, 0.4) is 0 Å². The van der Waals surface area contributed by atoms with Crippen LogP contribution in [0.25, 0.3) is 0 Å². The number of nitrogens with zero attached hydrogens (tertiary/aromatic N) is 2. The molecule has 2 N–H and O–H groups in total. The van der Waals surface area contributed by atoms with E-state index in [0.29, 0.717) is 37.6 Å². The van der Waals surface area contributed by atoms with Crippen molar-refractivity contribution in [2.24, 2.45) is 0 Å². The minimum absolute atomic E-state index is 0.0115. The molecule has 0 saturated heterocycles. The van der Waals surface area contributed by atoms with Crippen LogP contribution in [-0.2, 0) is 12.4 Å². The number of amides is 1. The average molecular weight is 670 g/mol. The van der Waals surface area contributed by atoms with Gasteiger partial charge in [0.05, 0.1) is 16.0 Å². The first-order valence-corrected chi connectivity index (χ1v) is 13.0. The summed E-state index contributed by atoms with van der Waals surface area (Å²) in [5.41, 5.74) is -1.85. The highest BCUT2D eigenvalue weighted by Gasteiger charge is 2.42. The number of hydrogen-bond acceptors (Lipinski definition) is 4. The maximum atomic E-state index is 13.1. The number of halogens is 8. The Hall–Kier alpha value is -2.61. The standard InChI is InChI=1S/C24H20Br2F6N4O2/c25-19(13-2-1-3-16(10-13)38-18-5-4-14(11-33-18)23(27,28)29)22(26)8-6-15(7-9-22)35-21(37)17-12-34-36-20(17)24(30,31)32/h1-5,10-12,15,19H,6-9H2,(H,34,36)(H,35,37). The second-order valence-electron chi connectivity index (χ2n) is 8.85. The summed E-state index contributed by atoms with van der Waals surface area (Å²) in [5, 5.41) is 7.91. The van der Waals surface area contributed by atoms with Gasteiger partial charge < -0.3 is 10.1 Å². The van der Waals surface area contributed by atoms with Gasteiger partial charge in [-0.25, -0.2) is 4.98 Å². The summed E-state index contributed by atoms with van der Waals surface area (Å²) in [6.07, 6.45) is -5.38. The molecule has 6 nitrogen and oxygen atoms in total. The van der Waals surface area contributed by atoms with Gasteiger partial charge in [0.2, 0.25) is 5.88 Å². The molecule has 38 heavy (non-hydrogen) atoms. The fourth-order valence-corrected chi connectivity index (χ4v) is 5.67. The molecular formula is C24H20Br2F6N4O2. The molecular weight excluding hydrogens is 650 g/mol. The second-order valence-corrected chi connectivity index (χ2v) is 11.3. The van der Waals surface area contributed by atoms with Gasteiger partial charge in [0, 0.05) is 28.8 Å². The predicted molar refractivity (Wildman–Crippen MR) is 132 cm³/mol. The van der Waals surface area contributed by atoms with Crippen molar-refractivity contribution in [1.82, 2.24) is 20.5 Å². The van der Waals surface area contributed by atoms with Gasteiger partial charge in [-0.3, -0.25) is 9.89 Å². The Bertz CT molecular complexity index is 1270. The number of alkyl halides is 8. The van der Waals surface area contributed by atoms with Crippen LogP contribution < -0.4 is 10.1 Å². The Morgan fingerprint density at radius 3 is 2.42 bits per heavy atom. The lowest BCUT2D eigenvalue weighted by Crippen LogP contribution is -2.42. The summed E-state index contributed by atoms with van der Waals surface area (Å²) in [7, 11) is 0. The summed E-state index contributed by atoms with van der Waals surface area (Å²) in [5.74, 6) is -0.440. The number of hydrogen-bond donors (Lipinski definition) is 2. The van der Waals surface area contributed by atoms with Crippen LogP contribution in [-0.4, -0.2) is 31.5 Å². The number of carbonyl (C=O) groups is 1. The Morgan fingerprint density at radius 2 is 1.82 bits per heavy atom. The zero-order chi connectivity index (χ0) is 27.7.